The number of amides is 1. The molecule has 0 saturated heterocycles. The van der Waals surface area contributed by atoms with E-state index in [1.165, 1.54) is 76.0 Å². The maximum Gasteiger partial charge on any atom is 0.220 e. The number of aryl methyl sites for hydroxylation is 1. The topological polar surface area (TPSA) is 158 Å². The van der Waals surface area contributed by atoms with Crippen LogP contribution in [0.5, 0.6) is 11.5 Å². The van der Waals surface area contributed by atoms with E-state index in [0.29, 0.717) is 30.8 Å². The van der Waals surface area contributed by atoms with E-state index >= 15 is 0 Å². The molecule has 10 nitrogen and oxygen atoms in total. The van der Waals surface area contributed by atoms with E-state index in [1.807, 2.05) is 12.1 Å². The van der Waals surface area contributed by atoms with Gasteiger partial charge >= 0.3 is 0 Å². The fraction of sp³-hybridized carbons (Fsp3) is 0.729. The quantitative estimate of drug-likeness (QED) is 0.0286. The van der Waals surface area contributed by atoms with E-state index in [1.54, 1.807) is 12.1 Å². The third kappa shape index (κ3) is 24.7. The van der Waals surface area contributed by atoms with Crippen LogP contribution in [-0.2, 0) is 20.7 Å². The van der Waals surface area contributed by atoms with Crippen molar-refractivity contribution in [1.29, 1.82) is 0 Å². The Morgan fingerprint density at radius 2 is 1.18 bits per heavy atom. The highest BCUT2D eigenvalue weighted by atomic mass is 19.1. The molecule has 1 unspecified atom stereocenters. The van der Waals surface area contributed by atoms with Crippen LogP contribution in [0.15, 0.2) is 48.5 Å². The Balaban J connectivity index is 1.72. The second kappa shape index (κ2) is 33.9. The lowest BCUT2D eigenvalue weighted by atomic mass is 9.99. The highest BCUT2D eigenvalue weighted by molar-refractivity contribution is 5.76. The van der Waals surface area contributed by atoms with Gasteiger partial charge in [0.1, 0.15) is 42.3 Å². The second-order valence-electron chi connectivity index (χ2n) is 16.5. The number of carbonyl (C=O) groups excluding carboxylic acids is 1. The zero-order valence-corrected chi connectivity index (χ0v) is 36.7. The summed E-state index contributed by atoms with van der Waals surface area (Å²) in [6.07, 6.45) is 15.4. The van der Waals surface area contributed by atoms with Gasteiger partial charge in [-0.3, -0.25) is 4.79 Å². The number of unbranched alkanes of at least 4 members (excludes halogenated alkanes) is 18. The minimum absolute atomic E-state index is 0.219. The minimum atomic E-state index is -1.58. The summed E-state index contributed by atoms with van der Waals surface area (Å²) in [5, 5.41) is 54.6. The average Bonchev–Trinajstić information content (AvgIpc) is 3.24. The molecular formula is C48H79F2NO9. The van der Waals surface area contributed by atoms with Crippen LogP contribution < -0.4 is 10.1 Å². The molecule has 0 saturated carbocycles. The van der Waals surface area contributed by atoms with Crippen LogP contribution in [0.25, 0.3) is 0 Å². The largest absolute Gasteiger partial charge is 0.457 e. The van der Waals surface area contributed by atoms with Crippen molar-refractivity contribution in [2.75, 3.05) is 19.9 Å². The molecule has 2 aromatic rings. The molecule has 1 amide bonds. The molecule has 7 atom stereocenters. The molecule has 2 aromatic carbocycles. The molecule has 0 radical (unpaired) electrons. The predicted molar refractivity (Wildman–Crippen MR) is 233 cm³/mol. The van der Waals surface area contributed by atoms with Crippen molar-refractivity contribution >= 4 is 5.91 Å². The van der Waals surface area contributed by atoms with E-state index in [4.69, 9.17) is 14.2 Å². The fourth-order valence-corrected chi connectivity index (χ4v) is 7.15. The van der Waals surface area contributed by atoms with Crippen LogP contribution >= 0.6 is 0 Å². The van der Waals surface area contributed by atoms with E-state index in [2.05, 4.69) is 24.4 Å². The summed E-state index contributed by atoms with van der Waals surface area (Å²) in [6.45, 7) is 1.33. The van der Waals surface area contributed by atoms with Gasteiger partial charge in [-0.25, -0.2) is 8.78 Å². The summed E-state index contributed by atoms with van der Waals surface area (Å²) in [6, 6.07) is 12.9. The Morgan fingerprint density at radius 3 is 1.70 bits per heavy atom. The maximum atomic E-state index is 13.5. The summed E-state index contributed by atoms with van der Waals surface area (Å²) >= 11 is 0. The van der Waals surface area contributed by atoms with Gasteiger partial charge in [0.05, 0.1) is 31.5 Å². The van der Waals surface area contributed by atoms with Crippen LogP contribution in [-0.4, -0.2) is 94.2 Å². The third-order valence-electron chi connectivity index (χ3n) is 11.0. The molecule has 6 N–H and O–H groups in total. The van der Waals surface area contributed by atoms with E-state index < -0.39 is 56.1 Å². The Morgan fingerprint density at radius 1 is 0.683 bits per heavy atom. The van der Waals surface area contributed by atoms with E-state index in [9.17, 15) is 39.1 Å². The van der Waals surface area contributed by atoms with Crippen molar-refractivity contribution in [2.24, 2.45) is 0 Å². The molecule has 0 aliphatic rings. The summed E-state index contributed by atoms with van der Waals surface area (Å²) in [5.41, 5.74) is 1.24. The number of ether oxygens (including phenoxy) is 3. The SMILES string of the molecule is CCCCCCCCCCCCCC[C@@H](O)[C@@H](O)[C@H](CO[C@@H](OC(CF)[C@H](C)O)[C@H](O)CO)NC(=O)CCCCCCCCCCc1ccc(Oc2ccc(F)cc2)cc1. The van der Waals surface area contributed by atoms with E-state index in [0.717, 1.165) is 70.6 Å². The van der Waals surface area contributed by atoms with Crippen molar-refractivity contribution < 1.29 is 53.3 Å². The number of alkyl halides is 1. The van der Waals surface area contributed by atoms with Gasteiger partial charge in [0.25, 0.3) is 0 Å². The lowest BCUT2D eigenvalue weighted by Crippen LogP contribution is -2.52. The average molecular weight is 852 g/mol. The highest BCUT2D eigenvalue weighted by Gasteiger charge is 2.32. The van der Waals surface area contributed by atoms with Gasteiger partial charge in [-0.05, 0) is 74.6 Å². The van der Waals surface area contributed by atoms with Crippen molar-refractivity contribution in [3.05, 3.63) is 59.9 Å². The standard InChI is InChI=1S/C48H79F2NO9/c1-3-4-5-6-7-8-9-10-11-15-18-21-24-43(54)47(57)42(36-58-48(44(55)35-52)60-45(34-49)37(2)53)51-46(56)25-22-19-16-13-12-14-17-20-23-38-26-30-40(31-27-38)59-41-32-28-39(50)29-33-41/h26-33,37,42-45,47-48,52-55,57H,3-25,34-36H2,1-2H3,(H,51,56)/t37-,42-,43+,44+,45?,47-,48-/m0/s1. The molecule has 0 heterocycles. The fourth-order valence-electron chi connectivity index (χ4n) is 7.15. The highest BCUT2D eigenvalue weighted by Crippen LogP contribution is 2.23. The number of aliphatic hydroxyl groups is 5. The maximum absolute atomic E-state index is 13.5. The molecule has 0 aliphatic heterocycles. The van der Waals surface area contributed by atoms with Crippen molar-refractivity contribution in [1.82, 2.24) is 5.32 Å². The lowest BCUT2D eigenvalue weighted by Gasteiger charge is -2.32. The predicted octanol–water partition coefficient (Wildman–Crippen LogP) is 9.40. The Kier molecular flexibility index (Phi) is 30.1. The van der Waals surface area contributed by atoms with Gasteiger partial charge in [-0.2, -0.15) is 0 Å². The molecule has 0 spiro atoms. The van der Waals surface area contributed by atoms with Gasteiger partial charge in [0.15, 0.2) is 6.29 Å². The van der Waals surface area contributed by atoms with Crippen LogP contribution in [0, 0.1) is 5.82 Å². The molecule has 0 fully saturated rings. The first-order chi connectivity index (χ1) is 29.1. The Bertz CT molecular complexity index is 1320. The first-order valence-corrected chi connectivity index (χ1v) is 23.1. The number of nitrogens with one attached hydrogen (secondary N) is 1. The van der Waals surface area contributed by atoms with Crippen molar-refractivity contribution in [3.8, 4) is 11.5 Å². The molecular weight excluding hydrogens is 773 g/mol. The number of rotatable bonds is 38. The third-order valence-corrected chi connectivity index (χ3v) is 11.0. The summed E-state index contributed by atoms with van der Waals surface area (Å²) in [7, 11) is 0. The second-order valence-corrected chi connectivity index (χ2v) is 16.5. The van der Waals surface area contributed by atoms with Crippen LogP contribution in [0.4, 0.5) is 8.78 Å². The summed E-state index contributed by atoms with van der Waals surface area (Å²) in [5.74, 6) is 0.691. The minimum Gasteiger partial charge on any atom is -0.457 e. The number of hydrogen-bond donors (Lipinski definition) is 6. The van der Waals surface area contributed by atoms with Gasteiger partial charge in [0.2, 0.25) is 5.91 Å². The molecule has 0 aliphatic carbocycles. The van der Waals surface area contributed by atoms with Gasteiger partial charge in [-0.15, -0.1) is 0 Å². The number of carbonyl (C=O) groups is 1. The smallest absolute Gasteiger partial charge is 0.220 e. The first kappa shape index (κ1) is 53.4. The van der Waals surface area contributed by atoms with Crippen LogP contribution in [0.3, 0.4) is 0 Å². The first-order valence-electron chi connectivity index (χ1n) is 23.1. The Labute approximate surface area is 359 Å². The van der Waals surface area contributed by atoms with Crippen LogP contribution in [0.1, 0.15) is 161 Å². The molecule has 344 valence electrons. The molecule has 2 rings (SSSR count). The number of benzene rings is 2. The summed E-state index contributed by atoms with van der Waals surface area (Å²) in [4.78, 5) is 13.1. The van der Waals surface area contributed by atoms with Gasteiger partial charge < -0.3 is 45.1 Å². The number of halogens is 2. The Hall–Kier alpha value is -2.71. The normalized spacial score (nSPS) is 15.2. The van der Waals surface area contributed by atoms with Gasteiger partial charge in [0, 0.05) is 6.42 Å². The van der Waals surface area contributed by atoms with E-state index in [-0.39, 0.29) is 24.8 Å². The zero-order chi connectivity index (χ0) is 43.8. The molecule has 60 heavy (non-hydrogen) atoms. The lowest BCUT2D eigenvalue weighted by molar-refractivity contribution is -0.241. The molecule has 0 aromatic heterocycles. The molecule has 12 heteroatoms. The monoisotopic (exact) mass is 852 g/mol. The van der Waals surface area contributed by atoms with Crippen molar-refractivity contribution in [3.63, 3.8) is 0 Å². The van der Waals surface area contributed by atoms with Crippen LogP contribution in [0.2, 0.25) is 0 Å². The number of hydrogen-bond acceptors (Lipinski definition) is 9. The van der Waals surface area contributed by atoms with Gasteiger partial charge in [-0.1, -0.05) is 135 Å². The van der Waals surface area contributed by atoms with Crippen molar-refractivity contribution in [2.45, 2.75) is 204 Å². The zero-order valence-electron chi connectivity index (χ0n) is 36.7. The molecule has 0 bridgehead atoms. The summed E-state index contributed by atoms with van der Waals surface area (Å²) < 4.78 is 43.5. The number of aliphatic hydroxyl groups excluding tert-OH is 5.